The van der Waals surface area contributed by atoms with Gasteiger partial charge in [-0.3, -0.25) is 4.98 Å². The van der Waals surface area contributed by atoms with Crippen molar-refractivity contribution in [1.82, 2.24) is 9.97 Å². The molecule has 0 radical (unpaired) electrons. The molecule has 3 aromatic heterocycles. The van der Waals surface area contributed by atoms with E-state index in [2.05, 4.69) is 46.5 Å². The Morgan fingerprint density at radius 1 is 0.966 bits per heavy atom. The van der Waals surface area contributed by atoms with E-state index >= 15 is 0 Å². The van der Waals surface area contributed by atoms with E-state index < -0.39 is 5.97 Å². The zero-order chi connectivity index (χ0) is 20.4. The second-order valence-electron chi connectivity index (χ2n) is 6.15. The quantitative estimate of drug-likeness (QED) is 0.105. The van der Waals surface area contributed by atoms with Crippen molar-refractivity contribution in [3.8, 4) is 11.5 Å². The SMILES string of the molecule is COC(=O)c1ccc2ccc3ccc(-c4[c-]c5ccccc5o4)nc3c2n1.[I][Pt+]. The summed E-state index contributed by atoms with van der Waals surface area (Å²) in [5, 5.41) is 2.73. The van der Waals surface area contributed by atoms with Gasteiger partial charge in [0.2, 0.25) is 0 Å². The van der Waals surface area contributed by atoms with Gasteiger partial charge in [-0.1, -0.05) is 48.5 Å². The molecule has 146 valence electrons. The van der Waals surface area contributed by atoms with Crippen LogP contribution in [0.3, 0.4) is 0 Å². The molecule has 5 nitrogen and oxygen atoms in total. The van der Waals surface area contributed by atoms with Gasteiger partial charge in [0.25, 0.3) is 0 Å². The van der Waals surface area contributed by atoms with Crippen LogP contribution in [0.1, 0.15) is 10.5 Å². The number of aromatic nitrogens is 2. The number of para-hydroxylation sites is 1. The molecule has 0 bridgehead atoms. The second-order valence-corrected chi connectivity index (χ2v) is 6.15. The molecule has 5 rings (SSSR count). The van der Waals surface area contributed by atoms with Crippen molar-refractivity contribution in [2.45, 2.75) is 0 Å². The van der Waals surface area contributed by atoms with Gasteiger partial charge in [-0.25, -0.2) is 9.78 Å². The maximum atomic E-state index is 11.9. The molecule has 0 aliphatic heterocycles. The number of rotatable bonds is 2. The molecular weight excluding hydrogens is 662 g/mol. The van der Waals surface area contributed by atoms with Crippen LogP contribution in [0.4, 0.5) is 0 Å². The Bertz CT molecular complexity index is 1320. The van der Waals surface area contributed by atoms with Crippen LogP contribution in [0.2, 0.25) is 0 Å². The topological polar surface area (TPSA) is 65.2 Å². The van der Waals surface area contributed by atoms with Crippen molar-refractivity contribution in [1.29, 1.82) is 0 Å². The molecule has 29 heavy (non-hydrogen) atoms. The van der Waals surface area contributed by atoms with E-state index in [0.717, 1.165) is 21.7 Å². The van der Waals surface area contributed by atoms with Gasteiger partial charge in [-0.05, 0) is 6.07 Å². The van der Waals surface area contributed by atoms with Crippen molar-refractivity contribution in [3.63, 3.8) is 0 Å². The van der Waals surface area contributed by atoms with Crippen molar-refractivity contribution < 1.29 is 30.1 Å². The van der Waals surface area contributed by atoms with Crippen LogP contribution in [-0.2, 0) is 20.9 Å². The fourth-order valence-corrected chi connectivity index (χ4v) is 3.15. The van der Waals surface area contributed by atoms with E-state index in [9.17, 15) is 4.79 Å². The van der Waals surface area contributed by atoms with Crippen LogP contribution in [0, 0.1) is 6.07 Å². The summed E-state index contributed by atoms with van der Waals surface area (Å²) in [4.78, 5) is 21.1. The minimum absolute atomic E-state index is 0.250. The Morgan fingerprint density at radius 3 is 2.34 bits per heavy atom. The maximum absolute atomic E-state index is 11.9. The number of benzene rings is 2. The van der Waals surface area contributed by atoms with Gasteiger partial charge in [-0.15, -0.1) is 17.5 Å². The number of carbonyl (C=O) groups excluding carboxylic acids is 1. The molecule has 3 heterocycles. The number of esters is 1. The summed E-state index contributed by atoms with van der Waals surface area (Å²) in [6, 6.07) is 22.2. The molecule has 0 amide bonds. The van der Waals surface area contributed by atoms with Crippen LogP contribution in [0.15, 0.2) is 65.1 Å². The van der Waals surface area contributed by atoms with Crippen LogP contribution in [0.5, 0.6) is 0 Å². The second kappa shape index (κ2) is 8.59. The van der Waals surface area contributed by atoms with Gasteiger partial charge >= 0.3 is 41.5 Å². The first-order valence-electron chi connectivity index (χ1n) is 8.55. The van der Waals surface area contributed by atoms with Crippen molar-refractivity contribution in [3.05, 3.63) is 72.4 Å². The molecule has 7 heteroatoms. The molecule has 0 spiro atoms. The van der Waals surface area contributed by atoms with Gasteiger partial charge in [0.05, 0.1) is 23.9 Å². The summed E-state index contributed by atoms with van der Waals surface area (Å²) in [6.07, 6.45) is 0. The molecule has 5 aromatic rings. The first-order chi connectivity index (χ1) is 14.2. The summed E-state index contributed by atoms with van der Waals surface area (Å²) in [5.74, 6) is 0.0925. The number of nitrogens with zero attached hydrogens (tertiary/aromatic N) is 2. The van der Waals surface area contributed by atoms with Crippen LogP contribution < -0.4 is 0 Å². The Morgan fingerprint density at radius 2 is 1.62 bits per heavy atom. The van der Waals surface area contributed by atoms with E-state index in [1.54, 1.807) is 6.07 Å². The monoisotopic (exact) mass is 675 g/mol. The van der Waals surface area contributed by atoms with Crippen molar-refractivity contribution in [2.75, 3.05) is 7.11 Å². The van der Waals surface area contributed by atoms with Crippen LogP contribution in [0.25, 0.3) is 44.2 Å². The number of carbonyl (C=O) groups is 1. The number of methoxy groups -OCH3 is 1. The Labute approximate surface area is 188 Å². The average Bonchev–Trinajstić information content (AvgIpc) is 3.23. The van der Waals surface area contributed by atoms with Gasteiger partial charge in [0, 0.05) is 22.0 Å². The molecule has 0 fully saturated rings. The summed E-state index contributed by atoms with van der Waals surface area (Å²) < 4.78 is 10.7. The molecule has 0 atom stereocenters. The zero-order valence-corrected chi connectivity index (χ0v) is 19.5. The predicted molar refractivity (Wildman–Crippen MR) is 116 cm³/mol. The zero-order valence-electron chi connectivity index (χ0n) is 15.1. The molecule has 2 aromatic carbocycles. The van der Waals surface area contributed by atoms with E-state index in [-0.39, 0.29) is 5.69 Å². The first-order valence-corrected chi connectivity index (χ1v) is 15.0. The minimum atomic E-state index is -0.476. The number of furan rings is 1. The Kier molecular flexibility index (Phi) is 5.92. The number of pyridine rings is 2. The van der Waals surface area contributed by atoms with E-state index in [4.69, 9.17) is 14.1 Å². The molecule has 0 saturated carbocycles. The normalized spacial score (nSPS) is 10.8. The summed E-state index contributed by atoms with van der Waals surface area (Å²) in [7, 11) is 1.34. The van der Waals surface area contributed by atoms with Gasteiger partial charge < -0.3 is 9.15 Å². The van der Waals surface area contributed by atoms with E-state index in [0.29, 0.717) is 22.5 Å². The fourth-order valence-electron chi connectivity index (χ4n) is 3.15. The third kappa shape index (κ3) is 3.79. The molecular formula is C22H13IN2O3Pt. The summed E-state index contributed by atoms with van der Waals surface area (Å²) in [6.45, 7) is 0. The predicted octanol–water partition coefficient (Wildman–Crippen LogP) is 5.67. The number of halogens is 1. The first kappa shape index (κ1) is 20.0. The molecule has 0 aliphatic rings. The van der Waals surface area contributed by atoms with Crippen LogP contribution >= 0.6 is 19.4 Å². The van der Waals surface area contributed by atoms with Gasteiger partial charge in [-0.2, -0.15) is 0 Å². The Hall–Kier alpha value is -2.31. The van der Waals surface area contributed by atoms with Crippen molar-refractivity contribution >= 4 is 58.1 Å². The standard InChI is InChI=1S/C22H13N2O3.HI.Pt/c1-26-22(25)17-11-9-14-7-6-13-8-10-16(23-20(13)21(14)24-17)19-12-15-4-2-3-5-18(15)27-19;;/h2-11H,1H3;1H;/q-1;;+2/p-1. The third-order valence-corrected chi connectivity index (χ3v) is 4.49. The summed E-state index contributed by atoms with van der Waals surface area (Å²) in [5.41, 5.74) is 3.02. The van der Waals surface area contributed by atoms with E-state index in [1.165, 1.54) is 7.11 Å². The van der Waals surface area contributed by atoms with E-state index in [1.807, 2.05) is 54.6 Å². The number of ether oxygens (including phenoxy) is 1. The van der Waals surface area contributed by atoms with Crippen molar-refractivity contribution in [2.24, 2.45) is 0 Å². The number of hydrogen-bond donors (Lipinski definition) is 0. The Balaban J connectivity index is 0.000000994. The van der Waals surface area contributed by atoms with Crippen LogP contribution in [-0.4, -0.2) is 23.0 Å². The molecule has 0 saturated heterocycles. The van der Waals surface area contributed by atoms with Gasteiger partial charge in [0.1, 0.15) is 5.69 Å². The third-order valence-electron chi connectivity index (χ3n) is 4.49. The van der Waals surface area contributed by atoms with Gasteiger partial charge in [0.15, 0.2) is 0 Å². The summed E-state index contributed by atoms with van der Waals surface area (Å²) >= 11 is 4.23. The fraction of sp³-hybridized carbons (Fsp3) is 0.0455. The molecule has 0 unspecified atom stereocenters. The number of hydrogen-bond acceptors (Lipinski definition) is 5. The number of fused-ring (bicyclic) bond motifs is 4. The molecule has 0 aliphatic carbocycles. The average molecular weight is 675 g/mol. The molecule has 0 N–H and O–H groups in total.